The Morgan fingerprint density at radius 2 is 1.43 bits per heavy atom. The zero-order chi connectivity index (χ0) is 50.7. The first-order chi connectivity index (χ1) is 32.2. The first-order valence-electron chi connectivity index (χ1n) is 23.0. The second-order valence-electron chi connectivity index (χ2n) is 17.7. The van der Waals surface area contributed by atoms with Gasteiger partial charge in [-0.05, 0) is 68.2 Å². The van der Waals surface area contributed by atoms with Crippen LogP contribution in [0.3, 0.4) is 0 Å². The number of rotatable bonds is 27. The van der Waals surface area contributed by atoms with Crippen LogP contribution in [0, 0.1) is 17.8 Å². The van der Waals surface area contributed by atoms with Crippen molar-refractivity contribution < 1.29 is 48.6 Å². The predicted octanol–water partition coefficient (Wildman–Crippen LogP) is -1.48. The van der Waals surface area contributed by atoms with Crippen LogP contribution < -0.4 is 48.7 Å². The Labute approximate surface area is 396 Å². The Morgan fingerprint density at radius 3 is 2.00 bits per heavy atom. The molecule has 1 aromatic heterocycles. The van der Waals surface area contributed by atoms with Gasteiger partial charge in [-0.15, -0.1) is 0 Å². The van der Waals surface area contributed by atoms with E-state index in [1.807, 2.05) is 0 Å². The molecule has 0 saturated carbocycles. The first kappa shape index (κ1) is 55.5. The van der Waals surface area contributed by atoms with Gasteiger partial charge in [-0.2, -0.15) is 0 Å². The molecule has 1 saturated heterocycles. The molecule has 23 nitrogen and oxygen atoms in total. The standard InChI is InChI=1S/C45H71N13O10/c1-8-26(6)37(42(65)54-32(20-28-21-49-23-51-28)43(66)58-18-10-12-33(58)40(63)56-36(25(4)5)44(67)68)57-39(62)31(19-27-13-15-29(59)16-14-27)53-41(64)35(24(2)3)55-38(61)30(52-34(60)22-48-7)11-9-17-50-45(46)47/h13-16,21,23-26,30-33,35-37,48,59H,8-12,17-20,22H2,1-7H3,(H,49,51)(H,52,60)(H,53,64)(H,54,65)(H,55,61)(H,56,63)(H,57,62)(H,67,68)(H4,46,47,50)/t26-,30+,31-,32-,33+,35-,36+,37-/m0/s1. The van der Waals surface area contributed by atoms with E-state index < -0.39 is 107 Å². The number of aromatic nitrogens is 2. The number of likely N-dealkylation sites (N-methyl/N-ethyl adjacent to an activating group) is 1. The highest BCUT2D eigenvalue weighted by atomic mass is 16.4. The topological polar surface area (TPSA) is 358 Å². The summed E-state index contributed by atoms with van der Waals surface area (Å²) >= 11 is 0. The minimum absolute atomic E-state index is 0.0373. The molecule has 376 valence electrons. The number of likely N-dealkylation sites (tertiary alicyclic amines) is 1. The van der Waals surface area contributed by atoms with E-state index in [1.165, 1.54) is 29.6 Å². The number of carbonyl (C=O) groups excluding carboxylic acids is 7. The molecule has 2 heterocycles. The summed E-state index contributed by atoms with van der Waals surface area (Å²) in [5.74, 6) is -7.49. The Kier molecular flexibility index (Phi) is 22.2. The molecule has 0 spiro atoms. The van der Waals surface area contributed by atoms with Gasteiger partial charge in [0.05, 0.1) is 12.9 Å². The van der Waals surface area contributed by atoms with E-state index in [2.05, 4.69) is 52.2 Å². The highest BCUT2D eigenvalue weighted by Crippen LogP contribution is 2.21. The predicted molar refractivity (Wildman–Crippen MR) is 251 cm³/mol. The lowest BCUT2D eigenvalue weighted by Gasteiger charge is -2.32. The van der Waals surface area contributed by atoms with Crippen molar-refractivity contribution in [1.82, 2.24) is 52.1 Å². The van der Waals surface area contributed by atoms with Crippen LogP contribution in [0.4, 0.5) is 0 Å². The lowest BCUT2D eigenvalue weighted by atomic mass is 9.96. The number of aromatic amines is 1. The second kappa shape index (κ2) is 27.1. The summed E-state index contributed by atoms with van der Waals surface area (Å²) in [6.07, 6.45) is 4.25. The number of benzene rings is 1. The molecule has 8 atom stereocenters. The highest BCUT2D eigenvalue weighted by Gasteiger charge is 2.41. The lowest BCUT2D eigenvalue weighted by molar-refractivity contribution is -0.146. The number of hydrogen-bond donors (Lipinski definition) is 12. The number of nitrogens with two attached hydrogens (primary N) is 2. The third-order valence-corrected chi connectivity index (χ3v) is 11.6. The monoisotopic (exact) mass is 954 g/mol. The number of aliphatic carboxylic acids is 1. The molecule has 0 unspecified atom stereocenters. The van der Waals surface area contributed by atoms with Gasteiger partial charge in [0, 0.05) is 37.8 Å². The average Bonchev–Trinajstić information content (AvgIpc) is 4.00. The maximum Gasteiger partial charge on any atom is 0.326 e. The van der Waals surface area contributed by atoms with Crippen LogP contribution in [0.15, 0.2) is 41.8 Å². The Hall–Kier alpha value is -6.78. The molecule has 1 aromatic carbocycles. The van der Waals surface area contributed by atoms with Gasteiger partial charge in [-0.1, -0.05) is 60.1 Å². The molecule has 0 aliphatic carbocycles. The smallest absolute Gasteiger partial charge is 0.326 e. The number of aliphatic imine (C=N–C) groups is 1. The van der Waals surface area contributed by atoms with Crippen LogP contribution in [-0.2, 0) is 51.2 Å². The Morgan fingerprint density at radius 1 is 0.809 bits per heavy atom. The molecule has 7 amide bonds. The first-order valence-corrected chi connectivity index (χ1v) is 23.0. The van der Waals surface area contributed by atoms with Gasteiger partial charge in [-0.3, -0.25) is 38.6 Å². The van der Waals surface area contributed by atoms with Gasteiger partial charge < -0.3 is 68.8 Å². The van der Waals surface area contributed by atoms with Crippen molar-refractivity contribution in [3.8, 4) is 5.75 Å². The largest absolute Gasteiger partial charge is 0.508 e. The van der Waals surface area contributed by atoms with Crippen LogP contribution in [0.2, 0.25) is 0 Å². The third kappa shape index (κ3) is 17.1. The van der Waals surface area contributed by atoms with Crippen molar-refractivity contribution >= 4 is 53.3 Å². The maximum atomic E-state index is 14.5. The highest BCUT2D eigenvalue weighted by molar-refractivity contribution is 5.98. The fraction of sp³-hybridized carbons (Fsp3) is 0.600. The summed E-state index contributed by atoms with van der Waals surface area (Å²) in [6.45, 7) is 10.5. The zero-order valence-electron chi connectivity index (χ0n) is 40.0. The molecule has 1 fully saturated rings. The van der Waals surface area contributed by atoms with Crippen LogP contribution in [0.5, 0.6) is 5.75 Å². The van der Waals surface area contributed by atoms with Gasteiger partial charge in [0.25, 0.3) is 0 Å². The van der Waals surface area contributed by atoms with Crippen LogP contribution >= 0.6 is 0 Å². The SMILES string of the molecule is CC[C@H](C)[C@H](NC(=O)[C@H](Cc1ccc(O)cc1)NC(=O)[C@@H](NC(=O)[C@@H](CCCN=C(N)N)NC(=O)CNC)C(C)C)C(=O)N[C@@H](Cc1cnc[nH]1)C(=O)N1CCC[C@@H]1C(=O)N[C@@H](C(=O)O)C(C)C. The molecule has 1 aliphatic rings. The fourth-order valence-corrected chi connectivity index (χ4v) is 7.61. The summed E-state index contributed by atoms with van der Waals surface area (Å²) in [4.78, 5) is 121. The normalized spacial score (nSPS) is 16.5. The lowest BCUT2D eigenvalue weighted by Crippen LogP contribution is -2.62. The van der Waals surface area contributed by atoms with Crippen molar-refractivity contribution in [2.75, 3.05) is 26.7 Å². The molecule has 0 radical (unpaired) electrons. The molecule has 14 N–H and O–H groups in total. The number of phenols is 1. The van der Waals surface area contributed by atoms with Crippen molar-refractivity contribution in [3.63, 3.8) is 0 Å². The van der Waals surface area contributed by atoms with Gasteiger partial charge in [0.2, 0.25) is 41.4 Å². The Bertz CT molecular complexity index is 2040. The van der Waals surface area contributed by atoms with E-state index in [1.54, 1.807) is 60.7 Å². The zero-order valence-corrected chi connectivity index (χ0v) is 40.0. The van der Waals surface area contributed by atoms with Crippen LogP contribution in [-0.4, -0.2) is 147 Å². The fourth-order valence-electron chi connectivity index (χ4n) is 7.61. The van der Waals surface area contributed by atoms with E-state index in [0.717, 1.165) is 0 Å². The average molecular weight is 954 g/mol. The minimum Gasteiger partial charge on any atom is -0.508 e. The van der Waals surface area contributed by atoms with Gasteiger partial charge >= 0.3 is 5.97 Å². The maximum absolute atomic E-state index is 14.5. The molecule has 2 aromatic rings. The van der Waals surface area contributed by atoms with E-state index in [0.29, 0.717) is 30.5 Å². The van der Waals surface area contributed by atoms with E-state index >= 15 is 0 Å². The van der Waals surface area contributed by atoms with E-state index in [-0.39, 0.29) is 57.0 Å². The van der Waals surface area contributed by atoms with Crippen molar-refractivity contribution in [1.29, 1.82) is 0 Å². The van der Waals surface area contributed by atoms with E-state index in [4.69, 9.17) is 11.5 Å². The van der Waals surface area contributed by atoms with Crippen LogP contribution in [0.25, 0.3) is 0 Å². The number of nitrogens with one attached hydrogen (secondary N) is 8. The summed E-state index contributed by atoms with van der Waals surface area (Å²) in [6, 6.07) is -2.40. The molecule has 0 bridgehead atoms. The number of carbonyl (C=O) groups is 8. The number of amides is 7. The minimum atomic E-state index is -1.35. The van der Waals surface area contributed by atoms with Crippen molar-refractivity contribution in [3.05, 3.63) is 48.0 Å². The van der Waals surface area contributed by atoms with Crippen molar-refractivity contribution in [2.24, 2.45) is 34.2 Å². The summed E-state index contributed by atoms with van der Waals surface area (Å²) in [5, 5.41) is 38.7. The number of H-pyrrole nitrogens is 1. The number of phenolic OH excluding ortho intramolecular Hbond substituents is 1. The second-order valence-corrected chi connectivity index (χ2v) is 17.7. The number of hydrogen-bond acceptors (Lipinski definition) is 12. The molecule has 23 heteroatoms. The quantitative estimate of drug-likeness (QED) is 0.0276. The van der Waals surface area contributed by atoms with Gasteiger partial charge in [0.1, 0.15) is 48.0 Å². The van der Waals surface area contributed by atoms with Crippen LogP contribution in [0.1, 0.15) is 84.9 Å². The third-order valence-electron chi connectivity index (χ3n) is 11.6. The van der Waals surface area contributed by atoms with Gasteiger partial charge in [0.15, 0.2) is 5.96 Å². The number of carboxylic acid groups (broad SMARTS) is 1. The van der Waals surface area contributed by atoms with Crippen molar-refractivity contribution in [2.45, 2.75) is 129 Å². The number of nitrogens with zero attached hydrogens (tertiary/aromatic N) is 3. The molecular weight excluding hydrogens is 883 g/mol. The van der Waals surface area contributed by atoms with Gasteiger partial charge in [-0.25, -0.2) is 9.78 Å². The molecule has 3 rings (SSSR count). The molecule has 1 aliphatic heterocycles. The number of guanidine groups is 1. The number of aromatic hydroxyl groups is 1. The summed E-state index contributed by atoms with van der Waals surface area (Å²) < 4.78 is 0. The molecule has 68 heavy (non-hydrogen) atoms. The Balaban J connectivity index is 1.92. The summed E-state index contributed by atoms with van der Waals surface area (Å²) in [7, 11) is 1.57. The molecular formula is C45H71N13O10. The van der Waals surface area contributed by atoms with E-state index in [9.17, 15) is 48.6 Å². The summed E-state index contributed by atoms with van der Waals surface area (Å²) in [5.41, 5.74) is 11.9. The number of imidazole rings is 1. The number of carboxylic acids is 1.